The Labute approximate surface area is 121 Å². The third-order valence-electron chi connectivity index (χ3n) is 3.49. The van der Waals surface area contributed by atoms with Crippen LogP contribution < -0.4 is 5.32 Å². The summed E-state index contributed by atoms with van der Waals surface area (Å²) in [6.07, 6.45) is 2.38. The zero-order valence-electron chi connectivity index (χ0n) is 11.3. The number of amides is 1. The number of furan rings is 1. The van der Waals surface area contributed by atoms with E-state index < -0.39 is 5.97 Å². The minimum absolute atomic E-state index is 0.130. The third-order valence-corrected chi connectivity index (χ3v) is 3.49. The number of rotatable bonds is 5. The van der Waals surface area contributed by atoms with Gasteiger partial charge >= 0.3 is 5.97 Å². The van der Waals surface area contributed by atoms with E-state index in [1.54, 1.807) is 12.1 Å². The Morgan fingerprint density at radius 2 is 2.05 bits per heavy atom. The molecule has 2 N–H and O–H groups in total. The van der Waals surface area contributed by atoms with Crippen LogP contribution in [-0.2, 0) is 6.54 Å². The maximum absolute atomic E-state index is 12.1. The number of aromatic carboxylic acids is 1. The van der Waals surface area contributed by atoms with Gasteiger partial charge in [-0.1, -0.05) is 12.1 Å². The average Bonchev–Trinajstić information content (AvgIpc) is 3.23. The summed E-state index contributed by atoms with van der Waals surface area (Å²) < 4.78 is 5.09. The second-order valence-corrected chi connectivity index (χ2v) is 5.15. The van der Waals surface area contributed by atoms with Crippen molar-refractivity contribution in [3.05, 3.63) is 59.0 Å². The van der Waals surface area contributed by atoms with Crippen LogP contribution in [0.2, 0.25) is 0 Å². The van der Waals surface area contributed by atoms with Crippen molar-refractivity contribution in [2.45, 2.75) is 25.3 Å². The molecule has 0 spiro atoms. The molecule has 1 amide bonds. The van der Waals surface area contributed by atoms with Gasteiger partial charge in [0.15, 0.2) is 0 Å². The molecule has 1 aliphatic rings. The van der Waals surface area contributed by atoms with Gasteiger partial charge in [0.2, 0.25) is 5.76 Å². The predicted molar refractivity (Wildman–Crippen MR) is 75.3 cm³/mol. The van der Waals surface area contributed by atoms with Crippen molar-refractivity contribution in [2.75, 3.05) is 0 Å². The van der Waals surface area contributed by atoms with Crippen LogP contribution in [0.5, 0.6) is 0 Å². The summed E-state index contributed by atoms with van der Waals surface area (Å²) >= 11 is 0. The molecule has 0 atom stereocenters. The van der Waals surface area contributed by atoms with Crippen LogP contribution in [-0.4, -0.2) is 17.0 Å². The molecular weight excluding hydrogens is 270 g/mol. The quantitative estimate of drug-likeness (QED) is 0.885. The van der Waals surface area contributed by atoms with E-state index in [9.17, 15) is 9.59 Å². The standard InChI is InChI=1S/C16H15NO4/c18-15(12-3-1-2-11(8-12)10-4-5-10)17-9-13-6-7-14(21-13)16(19)20/h1-3,6-8,10H,4-5,9H2,(H,17,18)(H,19,20). The molecule has 0 unspecified atom stereocenters. The van der Waals surface area contributed by atoms with E-state index in [1.807, 2.05) is 18.2 Å². The zero-order chi connectivity index (χ0) is 14.8. The molecule has 5 heteroatoms. The van der Waals surface area contributed by atoms with Crippen molar-refractivity contribution in [3.8, 4) is 0 Å². The lowest BCUT2D eigenvalue weighted by Gasteiger charge is -2.05. The van der Waals surface area contributed by atoms with Crippen molar-refractivity contribution in [3.63, 3.8) is 0 Å². The number of carboxylic acids is 1. The molecule has 3 rings (SSSR count). The lowest BCUT2D eigenvalue weighted by atomic mass is 10.1. The Kier molecular flexibility index (Phi) is 3.48. The number of carbonyl (C=O) groups excluding carboxylic acids is 1. The normalized spacial score (nSPS) is 13.9. The van der Waals surface area contributed by atoms with Crippen molar-refractivity contribution in [1.82, 2.24) is 5.32 Å². The lowest BCUT2D eigenvalue weighted by molar-refractivity contribution is 0.0660. The van der Waals surface area contributed by atoms with Crippen molar-refractivity contribution >= 4 is 11.9 Å². The van der Waals surface area contributed by atoms with Gasteiger partial charge in [-0.3, -0.25) is 4.79 Å². The smallest absolute Gasteiger partial charge is 0.371 e. The maximum Gasteiger partial charge on any atom is 0.371 e. The molecular formula is C16H15NO4. The fourth-order valence-corrected chi connectivity index (χ4v) is 2.21. The fraction of sp³-hybridized carbons (Fsp3) is 0.250. The molecule has 1 saturated carbocycles. The van der Waals surface area contributed by atoms with Crippen LogP contribution in [0.15, 0.2) is 40.8 Å². The summed E-state index contributed by atoms with van der Waals surface area (Å²) in [5.74, 6) is -0.425. The van der Waals surface area contributed by atoms with Crippen molar-refractivity contribution < 1.29 is 19.1 Å². The second-order valence-electron chi connectivity index (χ2n) is 5.15. The minimum atomic E-state index is -1.12. The zero-order valence-corrected chi connectivity index (χ0v) is 11.3. The molecule has 0 saturated heterocycles. The maximum atomic E-state index is 12.1. The first-order chi connectivity index (χ1) is 10.1. The minimum Gasteiger partial charge on any atom is -0.475 e. The molecule has 5 nitrogen and oxygen atoms in total. The summed E-state index contributed by atoms with van der Waals surface area (Å²) in [6, 6.07) is 10.5. The number of carboxylic acid groups (broad SMARTS) is 1. The molecule has 1 heterocycles. The molecule has 1 aromatic heterocycles. The Morgan fingerprint density at radius 1 is 1.24 bits per heavy atom. The van der Waals surface area contributed by atoms with Crippen LogP contribution in [0, 0.1) is 0 Å². The van der Waals surface area contributed by atoms with Gasteiger partial charge in [0.05, 0.1) is 6.54 Å². The van der Waals surface area contributed by atoms with Gasteiger partial charge in [-0.25, -0.2) is 4.79 Å². The van der Waals surface area contributed by atoms with E-state index >= 15 is 0 Å². The van der Waals surface area contributed by atoms with Gasteiger partial charge in [0.25, 0.3) is 5.91 Å². The van der Waals surface area contributed by atoms with E-state index in [-0.39, 0.29) is 18.2 Å². The van der Waals surface area contributed by atoms with Gasteiger partial charge < -0.3 is 14.8 Å². The van der Waals surface area contributed by atoms with E-state index in [1.165, 1.54) is 24.5 Å². The average molecular weight is 285 g/mol. The van der Waals surface area contributed by atoms with Crippen molar-refractivity contribution in [2.24, 2.45) is 0 Å². The summed E-state index contributed by atoms with van der Waals surface area (Å²) in [5.41, 5.74) is 1.82. The van der Waals surface area contributed by atoms with E-state index in [2.05, 4.69) is 5.32 Å². The highest BCUT2D eigenvalue weighted by molar-refractivity contribution is 5.94. The number of benzene rings is 1. The van der Waals surface area contributed by atoms with Crippen LogP contribution in [0.25, 0.3) is 0 Å². The highest BCUT2D eigenvalue weighted by Crippen LogP contribution is 2.40. The van der Waals surface area contributed by atoms with E-state index in [0.717, 1.165) is 0 Å². The van der Waals surface area contributed by atoms with Crippen LogP contribution in [0.3, 0.4) is 0 Å². The van der Waals surface area contributed by atoms with Gasteiger partial charge in [0.1, 0.15) is 5.76 Å². The van der Waals surface area contributed by atoms with Gasteiger partial charge in [0, 0.05) is 5.56 Å². The first kappa shape index (κ1) is 13.4. The molecule has 0 radical (unpaired) electrons. The Balaban J connectivity index is 1.62. The molecule has 1 fully saturated rings. The molecule has 0 bridgehead atoms. The summed E-state index contributed by atoms with van der Waals surface area (Å²) in [5, 5.41) is 11.5. The molecule has 108 valence electrons. The predicted octanol–water partition coefficient (Wildman–Crippen LogP) is 2.79. The van der Waals surface area contributed by atoms with Crippen LogP contribution >= 0.6 is 0 Å². The first-order valence-electron chi connectivity index (χ1n) is 6.83. The summed E-state index contributed by atoms with van der Waals surface area (Å²) in [6.45, 7) is 0.166. The summed E-state index contributed by atoms with van der Waals surface area (Å²) in [7, 11) is 0. The molecule has 1 aromatic carbocycles. The Bertz CT molecular complexity index is 685. The Morgan fingerprint density at radius 3 is 2.71 bits per heavy atom. The van der Waals surface area contributed by atoms with E-state index in [0.29, 0.717) is 17.2 Å². The van der Waals surface area contributed by atoms with Gasteiger partial charge in [-0.05, 0) is 48.6 Å². The topological polar surface area (TPSA) is 79.5 Å². The number of hydrogen-bond donors (Lipinski definition) is 2. The molecule has 21 heavy (non-hydrogen) atoms. The van der Waals surface area contributed by atoms with Crippen LogP contribution in [0.1, 0.15) is 51.0 Å². The number of carbonyl (C=O) groups is 2. The largest absolute Gasteiger partial charge is 0.475 e. The number of hydrogen-bond acceptors (Lipinski definition) is 3. The monoisotopic (exact) mass is 285 g/mol. The Hall–Kier alpha value is -2.56. The van der Waals surface area contributed by atoms with Crippen LogP contribution in [0.4, 0.5) is 0 Å². The summed E-state index contributed by atoms with van der Waals surface area (Å²) in [4.78, 5) is 22.8. The molecule has 0 aliphatic heterocycles. The lowest BCUT2D eigenvalue weighted by Crippen LogP contribution is -2.22. The number of nitrogens with one attached hydrogen (secondary N) is 1. The highest BCUT2D eigenvalue weighted by atomic mass is 16.4. The molecule has 2 aromatic rings. The van der Waals surface area contributed by atoms with Gasteiger partial charge in [-0.2, -0.15) is 0 Å². The second kappa shape index (κ2) is 5.44. The van der Waals surface area contributed by atoms with Gasteiger partial charge in [-0.15, -0.1) is 0 Å². The van der Waals surface area contributed by atoms with E-state index in [4.69, 9.17) is 9.52 Å². The highest BCUT2D eigenvalue weighted by Gasteiger charge is 2.24. The third kappa shape index (κ3) is 3.13. The molecule has 1 aliphatic carbocycles. The van der Waals surface area contributed by atoms with Crippen molar-refractivity contribution in [1.29, 1.82) is 0 Å². The fourth-order valence-electron chi connectivity index (χ4n) is 2.21. The first-order valence-corrected chi connectivity index (χ1v) is 6.83. The SMILES string of the molecule is O=C(NCc1ccc(C(=O)O)o1)c1cccc(C2CC2)c1.